The van der Waals surface area contributed by atoms with Crippen LogP contribution in [0.2, 0.25) is 0 Å². The summed E-state index contributed by atoms with van der Waals surface area (Å²) in [6, 6.07) is 10.1. The summed E-state index contributed by atoms with van der Waals surface area (Å²) < 4.78 is 38.0. The predicted octanol–water partition coefficient (Wildman–Crippen LogP) is 3.00. The number of nitrogens with one attached hydrogen (secondary N) is 2. The fourth-order valence-corrected chi connectivity index (χ4v) is 2.84. The Bertz CT molecular complexity index is 763. The SMILES string of the molecule is C[C@@H](N[C@H](C)c1ccc(F)cn1)c1cccc(NS(C)(=O)=O)c1. The van der Waals surface area contributed by atoms with Gasteiger partial charge in [-0.15, -0.1) is 0 Å². The van der Waals surface area contributed by atoms with E-state index in [1.807, 2.05) is 19.9 Å². The van der Waals surface area contributed by atoms with Gasteiger partial charge in [-0.3, -0.25) is 9.71 Å². The number of rotatable bonds is 6. The van der Waals surface area contributed by atoms with Gasteiger partial charge in [0, 0.05) is 17.8 Å². The maximum absolute atomic E-state index is 12.9. The summed E-state index contributed by atoms with van der Waals surface area (Å²) in [6.45, 7) is 3.91. The molecule has 23 heavy (non-hydrogen) atoms. The Morgan fingerprint density at radius 3 is 2.48 bits per heavy atom. The van der Waals surface area contributed by atoms with E-state index in [4.69, 9.17) is 0 Å². The van der Waals surface area contributed by atoms with E-state index in [2.05, 4.69) is 15.0 Å². The highest BCUT2D eigenvalue weighted by atomic mass is 32.2. The first-order valence-electron chi connectivity index (χ1n) is 7.20. The van der Waals surface area contributed by atoms with E-state index in [0.29, 0.717) is 5.69 Å². The summed E-state index contributed by atoms with van der Waals surface area (Å²) in [5, 5.41) is 3.36. The fourth-order valence-electron chi connectivity index (χ4n) is 2.29. The summed E-state index contributed by atoms with van der Waals surface area (Å²) in [5.74, 6) is -0.367. The summed E-state index contributed by atoms with van der Waals surface area (Å²) in [4.78, 5) is 4.06. The number of sulfonamides is 1. The quantitative estimate of drug-likeness (QED) is 0.850. The molecule has 0 saturated carbocycles. The number of nitrogens with zero attached hydrogens (tertiary/aromatic N) is 1. The van der Waals surface area contributed by atoms with Crippen molar-refractivity contribution in [3.8, 4) is 0 Å². The normalized spacial score (nSPS) is 14.3. The van der Waals surface area contributed by atoms with Gasteiger partial charge in [0.15, 0.2) is 0 Å². The molecule has 0 aliphatic carbocycles. The van der Waals surface area contributed by atoms with E-state index < -0.39 is 10.0 Å². The molecule has 2 rings (SSSR count). The van der Waals surface area contributed by atoms with E-state index in [1.165, 1.54) is 12.3 Å². The molecule has 1 aromatic carbocycles. The lowest BCUT2D eigenvalue weighted by atomic mass is 10.1. The van der Waals surface area contributed by atoms with Gasteiger partial charge in [-0.2, -0.15) is 0 Å². The molecule has 0 amide bonds. The van der Waals surface area contributed by atoms with Crippen molar-refractivity contribution >= 4 is 15.7 Å². The van der Waals surface area contributed by atoms with Crippen molar-refractivity contribution in [3.63, 3.8) is 0 Å². The number of anilines is 1. The summed E-state index contributed by atoms with van der Waals surface area (Å²) >= 11 is 0. The van der Waals surface area contributed by atoms with Crippen LogP contribution in [0.15, 0.2) is 42.6 Å². The summed E-state index contributed by atoms with van der Waals surface area (Å²) in [5.41, 5.74) is 2.20. The van der Waals surface area contributed by atoms with E-state index in [0.717, 1.165) is 17.5 Å². The minimum atomic E-state index is -3.31. The molecule has 0 radical (unpaired) electrons. The molecule has 2 atom stereocenters. The molecular formula is C16H20FN3O2S. The number of halogens is 1. The third-order valence-electron chi connectivity index (χ3n) is 3.38. The van der Waals surface area contributed by atoms with Crippen LogP contribution in [-0.2, 0) is 10.0 Å². The van der Waals surface area contributed by atoms with Crippen LogP contribution in [0.3, 0.4) is 0 Å². The van der Waals surface area contributed by atoms with Crippen LogP contribution in [0.4, 0.5) is 10.1 Å². The van der Waals surface area contributed by atoms with Crippen LogP contribution in [0.5, 0.6) is 0 Å². The van der Waals surface area contributed by atoms with Crippen molar-refractivity contribution in [2.45, 2.75) is 25.9 Å². The molecule has 0 spiro atoms. The van der Waals surface area contributed by atoms with Gasteiger partial charge in [0.25, 0.3) is 0 Å². The lowest BCUT2D eigenvalue weighted by Gasteiger charge is -2.20. The zero-order valence-electron chi connectivity index (χ0n) is 13.2. The van der Waals surface area contributed by atoms with Crippen molar-refractivity contribution in [1.29, 1.82) is 0 Å². The monoisotopic (exact) mass is 337 g/mol. The number of aromatic nitrogens is 1. The number of benzene rings is 1. The Kier molecular flexibility index (Phi) is 5.33. The minimum absolute atomic E-state index is 0.0295. The van der Waals surface area contributed by atoms with Crippen molar-refractivity contribution < 1.29 is 12.8 Å². The van der Waals surface area contributed by atoms with Crippen LogP contribution in [0, 0.1) is 5.82 Å². The molecule has 0 fully saturated rings. The maximum Gasteiger partial charge on any atom is 0.229 e. The van der Waals surface area contributed by atoms with E-state index in [1.54, 1.807) is 24.3 Å². The van der Waals surface area contributed by atoms with Gasteiger partial charge in [0.2, 0.25) is 10.0 Å². The highest BCUT2D eigenvalue weighted by Crippen LogP contribution is 2.21. The molecule has 0 saturated heterocycles. The molecule has 2 aromatic rings. The second-order valence-electron chi connectivity index (χ2n) is 5.51. The lowest BCUT2D eigenvalue weighted by Crippen LogP contribution is -2.23. The molecule has 2 N–H and O–H groups in total. The van der Waals surface area contributed by atoms with Crippen LogP contribution >= 0.6 is 0 Å². The van der Waals surface area contributed by atoms with Crippen molar-refractivity contribution in [1.82, 2.24) is 10.3 Å². The fraction of sp³-hybridized carbons (Fsp3) is 0.312. The minimum Gasteiger partial charge on any atom is -0.302 e. The van der Waals surface area contributed by atoms with E-state index >= 15 is 0 Å². The van der Waals surface area contributed by atoms with Crippen LogP contribution in [0.1, 0.15) is 37.2 Å². The molecule has 1 heterocycles. The first kappa shape index (κ1) is 17.4. The molecular weight excluding hydrogens is 317 g/mol. The number of hydrogen-bond acceptors (Lipinski definition) is 4. The summed E-state index contributed by atoms with van der Waals surface area (Å²) in [7, 11) is -3.31. The van der Waals surface area contributed by atoms with Gasteiger partial charge in [0.1, 0.15) is 5.82 Å². The largest absolute Gasteiger partial charge is 0.302 e. The molecule has 0 aliphatic rings. The van der Waals surface area contributed by atoms with Crippen molar-refractivity contribution in [2.24, 2.45) is 0 Å². The third kappa shape index (κ3) is 5.30. The van der Waals surface area contributed by atoms with Gasteiger partial charge in [-0.1, -0.05) is 12.1 Å². The zero-order chi connectivity index (χ0) is 17.0. The maximum atomic E-state index is 12.9. The highest BCUT2D eigenvalue weighted by molar-refractivity contribution is 7.92. The Labute approximate surface area is 136 Å². The molecule has 0 bridgehead atoms. The standard InChI is InChI=1S/C16H20FN3O2S/c1-11(19-12(2)16-8-7-14(17)10-18-16)13-5-4-6-15(9-13)20-23(3,21)22/h4-12,19-20H,1-3H3/t11-,12-/m1/s1. The highest BCUT2D eigenvalue weighted by Gasteiger charge is 2.13. The molecule has 1 aromatic heterocycles. The van der Waals surface area contributed by atoms with Crippen LogP contribution in [0.25, 0.3) is 0 Å². The molecule has 5 nitrogen and oxygen atoms in total. The van der Waals surface area contributed by atoms with Gasteiger partial charge < -0.3 is 5.32 Å². The molecule has 0 unspecified atom stereocenters. The first-order valence-corrected chi connectivity index (χ1v) is 9.09. The Hall–Kier alpha value is -1.99. The molecule has 0 aliphatic heterocycles. The molecule has 124 valence electrons. The Morgan fingerprint density at radius 2 is 1.87 bits per heavy atom. The van der Waals surface area contributed by atoms with Crippen molar-refractivity contribution in [3.05, 3.63) is 59.7 Å². The second kappa shape index (κ2) is 7.06. The van der Waals surface area contributed by atoms with Gasteiger partial charge >= 0.3 is 0 Å². The van der Waals surface area contributed by atoms with Gasteiger partial charge in [0.05, 0.1) is 18.1 Å². The van der Waals surface area contributed by atoms with E-state index in [9.17, 15) is 12.8 Å². The van der Waals surface area contributed by atoms with E-state index in [-0.39, 0.29) is 17.9 Å². The Morgan fingerprint density at radius 1 is 1.13 bits per heavy atom. The average molecular weight is 337 g/mol. The van der Waals surface area contributed by atoms with Gasteiger partial charge in [-0.05, 0) is 43.7 Å². The number of hydrogen-bond donors (Lipinski definition) is 2. The average Bonchev–Trinajstić information content (AvgIpc) is 2.46. The lowest BCUT2D eigenvalue weighted by molar-refractivity contribution is 0.484. The number of pyridine rings is 1. The summed E-state index contributed by atoms with van der Waals surface area (Å²) in [6.07, 6.45) is 2.30. The van der Waals surface area contributed by atoms with Gasteiger partial charge in [-0.25, -0.2) is 12.8 Å². The second-order valence-corrected chi connectivity index (χ2v) is 7.26. The Balaban J connectivity index is 2.09. The first-order chi connectivity index (χ1) is 10.7. The molecule has 7 heteroatoms. The third-order valence-corrected chi connectivity index (χ3v) is 3.99. The van der Waals surface area contributed by atoms with Crippen molar-refractivity contribution in [2.75, 3.05) is 11.0 Å². The predicted molar refractivity (Wildman–Crippen MR) is 89.1 cm³/mol. The smallest absolute Gasteiger partial charge is 0.229 e. The zero-order valence-corrected chi connectivity index (χ0v) is 14.1. The van der Waals surface area contributed by atoms with Crippen LogP contribution in [-0.4, -0.2) is 19.7 Å². The topological polar surface area (TPSA) is 71.1 Å². The van der Waals surface area contributed by atoms with Crippen LogP contribution < -0.4 is 10.0 Å².